The molecule has 27 heavy (non-hydrogen) atoms. The monoisotopic (exact) mass is 370 g/mol. The van der Waals surface area contributed by atoms with Crippen molar-refractivity contribution in [3.05, 3.63) is 47.5 Å². The van der Waals surface area contributed by atoms with Crippen LogP contribution in [0.3, 0.4) is 0 Å². The molecule has 2 amide bonds. The molecular formula is C20H26N4O3. The van der Waals surface area contributed by atoms with Gasteiger partial charge in [-0.2, -0.15) is 0 Å². The van der Waals surface area contributed by atoms with Crippen molar-refractivity contribution < 1.29 is 14.3 Å². The van der Waals surface area contributed by atoms with E-state index in [-0.39, 0.29) is 11.8 Å². The molecule has 0 fully saturated rings. The Hall–Kier alpha value is -2.93. The van der Waals surface area contributed by atoms with Gasteiger partial charge in [-0.25, -0.2) is 4.98 Å². The molecule has 0 aliphatic heterocycles. The molecule has 0 aliphatic carbocycles. The van der Waals surface area contributed by atoms with Gasteiger partial charge in [-0.3, -0.25) is 9.59 Å². The van der Waals surface area contributed by atoms with Gasteiger partial charge in [-0.15, -0.1) is 0 Å². The Morgan fingerprint density at radius 3 is 2.37 bits per heavy atom. The predicted molar refractivity (Wildman–Crippen MR) is 106 cm³/mol. The van der Waals surface area contributed by atoms with Gasteiger partial charge >= 0.3 is 0 Å². The first-order chi connectivity index (χ1) is 13.0. The second-order valence-electron chi connectivity index (χ2n) is 6.12. The summed E-state index contributed by atoms with van der Waals surface area (Å²) in [6.07, 6.45) is 0. The van der Waals surface area contributed by atoms with E-state index < -0.39 is 0 Å². The number of nitrogens with zero attached hydrogens (tertiary/aromatic N) is 1. The summed E-state index contributed by atoms with van der Waals surface area (Å²) < 4.78 is 5.06. The summed E-state index contributed by atoms with van der Waals surface area (Å²) in [6, 6.07) is 11.6. The molecule has 3 N–H and O–H groups in total. The number of methoxy groups -OCH3 is 1. The van der Waals surface area contributed by atoms with E-state index in [4.69, 9.17) is 4.74 Å². The number of nitrogens with one attached hydrogen (secondary N) is 3. The minimum Gasteiger partial charge on any atom is -0.383 e. The number of carbonyl (C=O) groups is 2. The Labute approximate surface area is 159 Å². The highest BCUT2D eigenvalue weighted by Gasteiger charge is 2.14. The Bertz CT molecular complexity index is 775. The van der Waals surface area contributed by atoms with E-state index in [1.807, 2.05) is 37.3 Å². The average molecular weight is 370 g/mol. The molecule has 1 heterocycles. The second kappa shape index (κ2) is 10.3. The molecule has 0 atom stereocenters. The Morgan fingerprint density at radius 2 is 1.70 bits per heavy atom. The number of benzene rings is 1. The van der Waals surface area contributed by atoms with Crippen molar-refractivity contribution >= 4 is 17.6 Å². The first-order valence-corrected chi connectivity index (χ1v) is 8.85. The van der Waals surface area contributed by atoms with Gasteiger partial charge in [0, 0.05) is 39.2 Å². The molecule has 0 bridgehead atoms. The molecule has 2 aromatic rings. The van der Waals surface area contributed by atoms with E-state index in [1.165, 1.54) is 12.5 Å². The average Bonchev–Trinajstić information content (AvgIpc) is 2.65. The van der Waals surface area contributed by atoms with Crippen LogP contribution in [0.4, 0.5) is 5.82 Å². The van der Waals surface area contributed by atoms with Crippen LogP contribution >= 0.6 is 0 Å². The van der Waals surface area contributed by atoms with Gasteiger partial charge < -0.3 is 20.7 Å². The van der Waals surface area contributed by atoms with Crippen LogP contribution in [0.25, 0.3) is 11.3 Å². The number of hydrogen-bond donors (Lipinski definition) is 3. The highest BCUT2D eigenvalue weighted by molar-refractivity contribution is 5.99. The Kier molecular flexibility index (Phi) is 7.76. The highest BCUT2D eigenvalue weighted by Crippen LogP contribution is 2.22. The third-order valence-electron chi connectivity index (χ3n) is 3.87. The van der Waals surface area contributed by atoms with Crippen LogP contribution < -0.4 is 16.0 Å². The van der Waals surface area contributed by atoms with Crippen LogP contribution in [0, 0.1) is 6.92 Å². The van der Waals surface area contributed by atoms with Crippen molar-refractivity contribution in [2.75, 3.05) is 38.7 Å². The van der Waals surface area contributed by atoms with E-state index >= 15 is 0 Å². The topological polar surface area (TPSA) is 92.3 Å². The number of amides is 2. The van der Waals surface area contributed by atoms with E-state index in [0.29, 0.717) is 37.6 Å². The molecule has 0 aliphatic rings. The second-order valence-corrected chi connectivity index (χ2v) is 6.12. The molecule has 1 aromatic heterocycles. The number of anilines is 1. The van der Waals surface area contributed by atoms with E-state index in [0.717, 1.165) is 11.3 Å². The summed E-state index contributed by atoms with van der Waals surface area (Å²) >= 11 is 0. The lowest BCUT2D eigenvalue weighted by atomic mass is 10.1. The molecule has 1 aromatic carbocycles. The van der Waals surface area contributed by atoms with Gasteiger partial charge in [-0.1, -0.05) is 29.8 Å². The number of rotatable bonds is 9. The van der Waals surface area contributed by atoms with Crippen LogP contribution in [0.2, 0.25) is 0 Å². The highest BCUT2D eigenvalue weighted by atomic mass is 16.5. The maximum Gasteiger partial charge on any atom is 0.255 e. The van der Waals surface area contributed by atoms with Crippen LogP contribution in [0.5, 0.6) is 0 Å². The molecule has 0 saturated heterocycles. The summed E-state index contributed by atoms with van der Waals surface area (Å²) in [4.78, 5) is 28.0. The molecular weight excluding hydrogens is 344 g/mol. The number of hydrogen-bond acceptors (Lipinski definition) is 5. The minimum absolute atomic E-state index is 0.129. The zero-order valence-corrected chi connectivity index (χ0v) is 16.0. The first-order valence-electron chi connectivity index (χ1n) is 8.85. The van der Waals surface area contributed by atoms with Crippen molar-refractivity contribution in [1.82, 2.24) is 15.6 Å². The molecule has 0 unspecified atom stereocenters. The lowest BCUT2D eigenvalue weighted by molar-refractivity contribution is -0.118. The molecule has 0 saturated carbocycles. The van der Waals surface area contributed by atoms with Gasteiger partial charge in [0.25, 0.3) is 5.91 Å². The normalized spacial score (nSPS) is 10.3. The van der Waals surface area contributed by atoms with Crippen molar-refractivity contribution in [2.24, 2.45) is 0 Å². The van der Waals surface area contributed by atoms with E-state index in [2.05, 4.69) is 20.9 Å². The molecule has 7 nitrogen and oxygen atoms in total. The van der Waals surface area contributed by atoms with Crippen LogP contribution in [0.1, 0.15) is 22.8 Å². The number of ether oxygens (including phenoxy) is 1. The van der Waals surface area contributed by atoms with Crippen LogP contribution in [-0.2, 0) is 9.53 Å². The third kappa shape index (κ3) is 6.38. The van der Waals surface area contributed by atoms with Gasteiger partial charge in [0.2, 0.25) is 5.91 Å². The zero-order chi connectivity index (χ0) is 19.6. The van der Waals surface area contributed by atoms with Gasteiger partial charge in [0.15, 0.2) is 0 Å². The standard InChI is InChI=1S/C20H26N4O3/c1-14-4-6-16(7-5-14)18-9-8-17(19(24-18)22-12-13-27-3)20(26)23-11-10-21-15(2)25/h4-9H,10-13H2,1-3H3,(H,21,25)(H,22,24)(H,23,26). The van der Waals surface area contributed by atoms with E-state index in [9.17, 15) is 9.59 Å². The predicted octanol–water partition coefficient (Wildman–Crippen LogP) is 1.98. The van der Waals surface area contributed by atoms with Crippen LogP contribution in [0.15, 0.2) is 36.4 Å². The van der Waals surface area contributed by atoms with Crippen LogP contribution in [-0.4, -0.2) is 50.1 Å². The fourth-order valence-electron chi connectivity index (χ4n) is 2.44. The lowest BCUT2D eigenvalue weighted by Crippen LogP contribution is -2.34. The summed E-state index contributed by atoms with van der Waals surface area (Å²) in [5.74, 6) is 0.126. The maximum atomic E-state index is 12.5. The first kappa shape index (κ1) is 20.4. The fourth-order valence-corrected chi connectivity index (χ4v) is 2.44. The summed E-state index contributed by atoms with van der Waals surface area (Å²) in [6.45, 7) is 5.22. The fraction of sp³-hybridized carbons (Fsp3) is 0.350. The Morgan fingerprint density at radius 1 is 1.00 bits per heavy atom. The minimum atomic E-state index is -0.247. The SMILES string of the molecule is COCCNc1nc(-c2ccc(C)cc2)ccc1C(=O)NCCNC(C)=O. The third-order valence-corrected chi connectivity index (χ3v) is 3.87. The smallest absolute Gasteiger partial charge is 0.255 e. The number of pyridine rings is 1. The molecule has 144 valence electrons. The summed E-state index contributed by atoms with van der Waals surface area (Å²) in [5, 5.41) is 8.59. The van der Waals surface area contributed by atoms with Crippen molar-refractivity contribution in [1.29, 1.82) is 0 Å². The largest absolute Gasteiger partial charge is 0.383 e. The number of aromatic nitrogens is 1. The van der Waals surface area contributed by atoms with Gasteiger partial charge in [-0.05, 0) is 19.1 Å². The number of carbonyl (C=O) groups excluding carboxylic acids is 2. The quantitative estimate of drug-likeness (QED) is 0.587. The van der Waals surface area contributed by atoms with Crippen molar-refractivity contribution in [2.45, 2.75) is 13.8 Å². The lowest BCUT2D eigenvalue weighted by Gasteiger charge is -2.13. The molecule has 7 heteroatoms. The molecule has 0 radical (unpaired) electrons. The summed E-state index contributed by atoms with van der Waals surface area (Å²) in [7, 11) is 1.62. The van der Waals surface area contributed by atoms with Crippen molar-refractivity contribution in [3.8, 4) is 11.3 Å². The molecule has 0 spiro atoms. The maximum absolute atomic E-state index is 12.5. The van der Waals surface area contributed by atoms with E-state index in [1.54, 1.807) is 13.2 Å². The van der Waals surface area contributed by atoms with Gasteiger partial charge in [0.05, 0.1) is 17.9 Å². The van der Waals surface area contributed by atoms with Gasteiger partial charge in [0.1, 0.15) is 5.82 Å². The number of aryl methyl sites for hydroxylation is 1. The Balaban J connectivity index is 2.17. The zero-order valence-electron chi connectivity index (χ0n) is 16.0. The van der Waals surface area contributed by atoms with Crippen molar-refractivity contribution in [3.63, 3.8) is 0 Å². The molecule has 2 rings (SSSR count). The summed E-state index contributed by atoms with van der Waals surface area (Å²) in [5.41, 5.74) is 3.38.